The number of nitrogens with zero attached hydrogens (tertiary/aromatic N) is 2. The predicted molar refractivity (Wildman–Crippen MR) is 143 cm³/mol. The minimum absolute atomic E-state index is 0. The van der Waals surface area contributed by atoms with Gasteiger partial charge in [-0.25, -0.2) is 0 Å². The molecule has 1 aromatic carbocycles. The summed E-state index contributed by atoms with van der Waals surface area (Å²) in [4.78, 5) is 7.00. The van der Waals surface area contributed by atoms with E-state index >= 15 is 0 Å². The first-order chi connectivity index (χ1) is 15.1. The lowest BCUT2D eigenvalue weighted by atomic mass is 9.99. The van der Waals surface area contributed by atoms with Crippen LogP contribution in [-0.2, 0) is 11.3 Å². The van der Waals surface area contributed by atoms with Crippen LogP contribution in [0.25, 0.3) is 0 Å². The zero-order chi connectivity index (χ0) is 21.9. The van der Waals surface area contributed by atoms with Crippen molar-refractivity contribution < 1.29 is 9.47 Å². The highest BCUT2D eigenvalue weighted by atomic mass is 127. The highest BCUT2D eigenvalue weighted by molar-refractivity contribution is 14.0. The minimum atomic E-state index is 0. The van der Waals surface area contributed by atoms with Gasteiger partial charge in [0.2, 0.25) is 0 Å². The van der Waals surface area contributed by atoms with Crippen molar-refractivity contribution in [2.45, 2.75) is 52.5 Å². The average Bonchev–Trinajstić information content (AvgIpc) is 3.30. The second-order valence-corrected chi connectivity index (χ2v) is 9.24. The van der Waals surface area contributed by atoms with E-state index in [-0.39, 0.29) is 24.0 Å². The summed E-state index contributed by atoms with van der Waals surface area (Å²) in [6, 6.07) is 6.42. The molecular weight excluding hydrogens is 515 g/mol. The maximum absolute atomic E-state index is 6.16. The molecule has 0 saturated carbocycles. The van der Waals surface area contributed by atoms with Gasteiger partial charge in [0.25, 0.3) is 0 Å². The van der Waals surface area contributed by atoms with Gasteiger partial charge < -0.3 is 25.0 Å². The molecule has 3 rings (SSSR count). The van der Waals surface area contributed by atoms with E-state index < -0.39 is 0 Å². The molecule has 182 valence electrons. The molecule has 1 atom stereocenters. The normalized spacial score (nSPS) is 20.1. The van der Waals surface area contributed by atoms with Gasteiger partial charge in [-0.1, -0.05) is 19.1 Å². The summed E-state index contributed by atoms with van der Waals surface area (Å²) in [5, 5.41) is 6.90. The van der Waals surface area contributed by atoms with E-state index in [1.165, 1.54) is 44.5 Å². The predicted octanol–water partition coefficient (Wildman–Crippen LogP) is 4.21. The Morgan fingerprint density at radius 2 is 2.00 bits per heavy atom. The topological polar surface area (TPSA) is 58.1 Å². The van der Waals surface area contributed by atoms with Gasteiger partial charge in [-0.3, -0.25) is 4.99 Å². The van der Waals surface area contributed by atoms with Crippen LogP contribution >= 0.6 is 24.0 Å². The zero-order valence-corrected chi connectivity index (χ0v) is 22.5. The molecule has 2 aliphatic heterocycles. The lowest BCUT2D eigenvalue weighted by Gasteiger charge is -2.30. The number of aliphatic imine (C=N–C) groups is 1. The quantitative estimate of drug-likeness (QED) is 0.195. The van der Waals surface area contributed by atoms with Crippen molar-refractivity contribution in [1.82, 2.24) is 15.5 Å². The van der Waals surface area contributed by atoms with Gasteiger partial charge >= 0.3 is 0 Å². The van der Waals surface area contributed by atoms with E-state index in [1.54, 1.807) is 0 Å². The van der Waals surface area contributed by atoms with Crippen molar-refractivity contribution in [1.29, 1.82) is 0 Å². The maximum Gasteiger partial charge on any atom is 0.191 e. The third-order valence-electron chi connectivity index (χ3n) is 6.46. The summed E-state index contributed by atoms with van der Waals surface area (Å²) >= 11 is 0. The van der Waals surface area contributed by atoms with Gasteiger partial charge in [-0.2, -0.15) is 0 Å². The van der Waals surface area contributed by atoms with Crippen LogP contribution in [0, 0.1) is 18.8 Å². The summed E-state index contributed by atoms with van der Waals surface area (Å²) in [5.74, 6) is 3.22. The second-order valence-electron chi connectivity index (χ2n) is 9.24. The van der Waals surface area contributed by atoms with Crippen LogP contribution in [0.2, 0.25) is 0 Å². The molecule has 2 aliphatic rings. The molecule has 0 aromatic heterocycles. The first-order valence-corrected chi connectivity index (χ1v) is 12.1. The van der Waals surface area contributed by atoms with Gasteiger partial charge in [0.1, 0.15) is 5.75 Å². The second kappa shape index (κ2) is 15.0. The molecule has 2 fully saturated rings. The molecule has 1 unspecified atom stereocenters. The molecular formula is C25H43IN4O2. The number of aryl methyl sites for hydroxylation is 1. The Kier molecular flexibility index (Phi) is 12.7. The number of likely N-dealkylation sites (tertiary alicyclic amines) is 1. The fourth-order valence-corrected chi connectivity index (χ4v) is 4.22. The number of guanidine groups is 1. The van der Waals surface area contributed by atoms with Crippen LogP contribution in [0.5, 0.6) is 5.75 Å². The summed E-state index contributed by atoms with van der Waals surface area (Å²) in [6.07, 6.45) is 6.20. The monoisotopic (exact) mass is 558 g/mol. The Morgan fingerprint density at radius 1 is 1.19 bits per heavy atom. The summed E-state index contributed by atoms with van der Waals surface area (Å²) in [6.45, 7) is 12.3. The van der Waals surface area contributed by atoms with Gasteiger partial charge in [-0.15, -0.1) is 24.0 Å². The van der Waals surface area contributed by atoms with E-state index in [1.807, 2.05) is 7.05 Å². The number of rotatable bonds is 10. The van der Waals surface area contributed by atoms with E-state index in [4.69, 9.17) is 9.47 Å². The summed E-state index contributed by atoms with van der Waals surface area (Å²) in [7, 11) is 1.83. The van der Waals surface area contributed by atoms with Crippen molar-refractivity contribution in [2.24, 2.45) is 16.8 Å². The number of piperidine rings is 1. The van der Waals surface area contributed by atoms with E-state index in [0.717, 1.165) is 62.4 Å². The highest BCUT2D eigenvalue weighted by Gasteiger charge is 2.17. The number of nitrogens with one attached hydrogen (secondary N) is 2. The van der Waals surface area contributed by atoms with Gasteiger partial charge in [0.15, 0.2) is 5.96 Å². The molecule has 2 heterocycles. The van der Waals surface area contributed by atoms with Crippen LogP contribution in [0.4, 0.5) is 0 Å². The minimum Gasteiger partial charge on any atom is -0.493 e. The first-order valence-electron chi connectivity index (χ1n) is 12.1. The molecule has 0 bridgehead atoms. The lowest BCUT2D eigenvalue weighted by Crippen LogP contribution is -2.38. The summed E-state index contributed by atoms with van der Waals surface area (Å²) in [5.41, 5.74) is 2.37. The molecule has 6 nitrogen and oxygen atoms in total. The third kappa shape index (κ3) is 9.43. The molecule has 7 heteroatoms. The fourth-order valence-electron chi connectivity index (χ4n) is 4.22. The Labute approximate surface area is 211 Å². The SMILES string of the molecule is CN=C(NCCCCN1CCC(C)CC1)NCc1ccc(C)cc1OCC1CCOC1.I. The van der Waals surface area contributed by atoms with Gasteiger partial charge in [-0.05, 0) is 76.2 Å². The number of benzene rings is 1. The molecule has 1 aromatic rings. The molecule has 0 aliphatic carbocycles. The van der Waals surface area contributed by atoms with Crippen molar-refractivity contribution in [3.05, 3.63) is 29.3 Å². The maximum atomic E-state index is 6.16. The Morgan fingerprint density at radius 3 is 2.72 bits per heavy atom. The largest absolute Gasteiger partial charge is 0.493 e. The standard InChI is InChI=1S/C25H42N4O2.HI/c1-20-8-13-29(14-9-20)12-5-4-11-27-25(26-3)28-17-23-7-6-21(2)16-24(23)31-19-22-10-15-30-18-22;/h6-7,16,20,22H,4-5,8-15,17-19H2,1-3H3,(H2,26,27,28);1H. The smallest absolute Gasteiger partial charge is 0.191 e. The number of halogens is 1. The Balaban J connectivity index is 0.00000363. The molecule has 0 radical (unpaired) electrons. The van der Waals surface area contributed by atoms with Crippen molar-refractivity contribution in [3.8, 4) is 5.75 Å². The number of hydrogen-bond donors (Lipinski definition) is 2. The lowest BCUT2D eigenvalue weighted by molar-refractivity contribution is 0.166. The van der Waals surface area contributed by atoms with E-state index in [0.29, 0.717) is 12.5 Å². The van der Waals surface area contributed by atoms with Crippen LogP contribution in [-0.4, -0.2) is 63.9 Å². The highest BCUT2D eigenvalue weighted by Crippen LogP contribution is 2.22. The summed E-state index contributed by atoms with van der Waals surface area (Å²) < 4.78 is 11.6. The Hall–Kier alpha value is -1.06. The van der Waals surface area contributed by atoms with Crippen LogP contribution < -0.4 is 15.4 Å². The van der Waals surface area contributed by atoms with Gasteiger partial charge in [0.05, 0.1) is 13.2 Å². The number of hydrogen-bond acceptors (Lipinski definition) is 4. The molecule has 2 N–H and O–H groups in total. The first kappa shape index (κ1) is 27.2. The molecule has 0 amide bonds. The fraction of sp³-hybridized carbons (Fsp3) is 0.720. The van der Waals surface area contributed by atoms with Crippen molar-refractivity contribution >= 4 is 29.9 Å². The van der Waals surface area contributed by atoms with Crippen LogP contribution in [0.3, 0.4) is 0 Å². The number of ether oxygens (including phenoxy) is 2. The molecule has 2 saturated heterocycles. The van der Waals surface area contributed by atoms with Crippen molar-refractivity contribution in [3.63, 3.8) is 0 Å². The van der Waals surface area contributed by atoms with E-state index in [2.05, 4.69) is 52.6 Å². The zero-order valence-electron chi connectivity index (χ0n) is 20.2. The third-order valence-corrected chi connectivity index (χ3v) is 6.46. The van der Waals surface area contributed by atoms with Crippen LogP contribution in [0.1, 0.15) is 50.2 Å². The average molecular weight is 559 g/mol. The number of unbranched alkanes of at least 4 members (excludes halogenated alkanes) is 1. The molecule has 0 spiro atoms. The molecule has 32 heavy (non-hydrogen) atoms. The van der Waals surface area contributed by atoms with Gasteiger partial charge in [0, 0.05) is 38.2 Å². The Bertz CT molecular complexity index is 687. The van der Waals surface area contributed by atoms with Crippen molar-refractivity contribution in [2.75, 3.05) is 53.0 Å². The van der Waals surface area contributed by atoms with E-state index in [9.17, 15) is 0 Å². The van der Waals surface area contributed by atoms with Crippen LogP contribution in [0.15, 0.2) is 23.2 Å².